The van der Waals surface area contributed by atoms with Crippen LogP contribution in [0.2, 0.25) is 0 Å². The fraction of sp³-hybridized carbons (Fsp3) is 0.571. The Morgan fingerprint density at radius 2 is 2.29 bits per heavy atom. The Bertz CT molecular complexity index is 597. The van der Waals surface area contributed by atoms with Gasteiger partial charge in [0.2, 0.25) is 0 Å². The molecule has 110 valence electrons. The molecule has 4 rings (SSSR count). The van der Waals surface area contributed by atoms with Gasteiger partial charge in [-0.05, 0) is 35.4 Å². The van der Waals surface area contributed by atoms with Crippen LogP contribution in [0.25, 0.3) is 0 Å². The van der Waals surface area contributed by atoms with Crippen molar-refractivity contribution in [1.29, 1.82) is 0 Å². The molecule has 1 fully saturated rings. The molecule has 21 heavy (non-hydrogen) atoms. The van der Waals surface area contributed by atoms with E-state index in [0.29, 0.717) is 6.04 Å². The summed E-state index contributed by atoms with van der Waals surface area (Å²) < 4.78 is 1.79. The van der Waals surface area contributed by atoms with E-state index in [4.69, 9.17) is 0 Å². The molecule has 2 aromatic heterocycles. The Hall–Kier alpha value is -2.02. The Morgan fingerprint density at radius 3 is 3.19 bits per heavy atom. The zero-order valence-corrected chi connectivity index (χ0v) is 12.0. The molecular formula is C14H19N7. The molecule has 0 spiro atoms. The molecule has 0 aliphatic carbocycles. The molecule has 0 radical (unpaired) electrons. The van der Waals surface area contributed by atoms with Crippen LogP contribution in [0.1, 0.15) is 18.5 Å². The van der Waals surface area contributed by atoms with Crippen molar-refractivity contribution in [2.45, 2.75) is 32.0 Å². The smallest absolute Gasteiger partial charge is 0.138 e. The quantitative estimate of drug-likeness (QED) is 0.821. The molecule has 1 atom stereocenters. The van der Waals surface area contributed by atoms with Crippen LogP contribution < -0.4 is 4.90 Å². The number of anilines is 1. The molecule has 2 aliphatic rings. The molecule has 2 aromatic rings. The van der Waals surface area contributed by atoms with E-state index in [0.717, 1.165) is 32.7 Å². The van der Waals surface area contributed by atoms with Crippen LogP contribution in [0.15, 0.2) is 24.7 Å². The van der Waals surface area contributed by atoms with E-state index in [-0.39, 0.29) is 0 Å². The van der Waals surface area contributed by atoms with Gasteiger partial charge in [-0.15, -0.1) is 5.10 Å². The lowest BCUT2D eigenvalue weighted by molar-refractivity contribution is 0.239. The number of hydrogen-bond donors (Lipinski definition) is 0. The lowest BCUT2D eigenvalue weighted by Crippen LogP contribution is -2.38. The van der Waals surface area contributed by atoms with E-state index in [1.807, 2.05) is 12.3 Å². The predicted octanol–water partition coefficient (Wildman–Crippen LogP) is 0.553. The summed E-state index contributed by atoms with van der Waals surface area (Å²) >= 11 is 0. The minimum Gasteiger partial charge on any atom is -0.366 e. The van der Waals surface area contributed by atoms with Crippen molar-refractivity contribution < 1.29 is 0 Å². The second kappa shape index (κ2) is 5.40. The fourth-order valence-electron chi connectivity index (χ4n) is 3.43. The molecule has 0 N–H and O–H groups in total. The first-order valence-corrected chi connectivity index (χ1v) is 7.54. The topological polar surface area (TPSA) is 63.0 Å². The predicted molar refractivity (Wildman–Crippen MR) is 77.7 cm³/mol. The van der Waals surface area contributed by atoms with E-state index in [1.165, 1.54) is 24.2 Å². The normalized spacial score (nSPS) is 21.9. The summed E-state index contributed by atoms with van der Waals surface area (Å²) in [4.78, 5) is 9.62. The molecule has 0 saturated carbocycles. The lowest BCUT2D eigenvalue weighted by atomic mass is 10.2. The first-order chi connectivity index (χ1) is 10.4. The summed E-state index contributed by atoms with van der Waals surface area (Å²) in [7, 11) is 0. The van der Waals surface area contributed by atoms with Crippen LogP contribution in [0.5, 0.6) is 0 Å². The number of hydrogen-bond acceptors (Lipinski definition) is 6. The van der Waals surface area contributed by atoms with Crippen molar-refractivity contribution >= 4 is 5.69 Å². The van der Waals surface area contributed by atoms with Gasteiger partial charge < -0.3 is 4.90 Å². The number of rotatable bonds is 3. The van der Waals surface area contributed by atoms with E-state index in [9.17, 15) is 0 Å². The highest BCUT2D eigenvalue weighted by Gasteiger charge is 2.31. The third-order valence-corrected chi connectivity index (χ3v) is 4.43. The summed E-state index contributed by atoms with van der Waals surface area (Å²) in [6.45, 7) is 4.93. The summed E-state index contributed by atoms with van der Waals surface area (Å²) in [5.41, 5.74) is 2.52. The van der Waals surface area contributed by atoms with Gasteiger partial charge >= 0.3 is 0 Å². The maximum absolute atomic E-state index is 4.60. The van der Waals surface area contributed by atoms with Gasteiger partial charge in [0.25, 0.3) is 0 Å². The van der Waals surface area contributed by atoms with Gasteiger partial charge in [-0.1, -0.05) is 0 Å². The molecule has 0 bridgehead atoms. The van der Waals surface area contributed by atoms with Crippen molar-refractivity contribution in [1.82, 2.24) is 30.1 Å². The first kappa shape index (κ1) is 12.7. The monoisotopic (exact) mass is 285 g/mol. The fourth-order valence-corrected chi connectivity index (χ4v) is 3.43. The number of nitrogens with zero attached hydrogens (tertiary/aromatic N) is 7. The van der Waals surface area contributed by atoms with E-state index >= 15 is 0 Å². The Labute approximate surface area is 123 Å². The number of fused-ring (bicyclic) bond motifs is 3. The zero-order chi connectivity index (χ0) is 14.1. The average Bonchev–Trinajstić information content (AvgIpc) is 3.15. The first-order valence-electron chi connectivity index (χ1n) is 7.54. The highest BCUT2D eigenvalue weighted by Crippen LogP contribution is 2.31. The SMILES string of the molecule is c1cnc2c(c1)N1CCC[C@H]1CN(CCn1cnnn1)C2. The summed E-state index contributed by atoms with van der Waals surface area (Å²) in [6.07, 6.45) is 6.12. The van der Waals surface area contributed by atoms with Crippen molar-refractivity contribution in [2.75, 3.05) is 24.5 Å². The summed E-state index contributed by atoms with van der Waals surface area (Å²) in [6, 6.07) is 4.88. The Balaban J connectivity index is 1.54. The van der Waals surface area contributed by atoms with Gasteiger partial charge in [0.1, 0.15) is 6.33 Å². The molecule has 1 saturated heterocycles. The summed E-state index contributed by atoms with van der Waals surface area (Å²) in [5, 5.41) is 11.3. The van der Waals surface area contributed by atoms with Crippen LogP contribution >= 0.6 is 0 Å². The standard InChI is InChI=1S/C14H19N7/c1-4-14-13(15-5-1)10-19(7-8-20-11-16-17-18-20)9-12-3-2-6-21(12)14/h1,4-5,11-12H,2-3,6-10H2/t12-/m0/s1. The molecule has 4 heterocycles. The van der Waals surface area contributed by atoms with Crippen LogP contribution in [-0.2, 0) is 13.1 Å². The number of aromatic nitrogens is 5. The summed E-state index contributed by atoms with van der Waals surface area (Å²) in [5.74, 6) is 0. The van der Waals surface area contributed by atoms with Gasteiger partial charge in [-0.2, -0.15) is 0 Å². The van der Waals surface area contributed by atoms with E-state index < -0.39 is 0 Å². The van der Waals surface area contributed by atoms with Crippen molar-refractivity contribution in [3.63, 3.8) is 0 Å². The minimum atomic E-state index is 0.615. The van der Waals surface area contributed by atoms with Gasteiger partial charge in [0, 0.05) is 38.4 Å². The lowest BCUT2D eigenvalue weighted by Gasteiger charge is -2.27. The number of tetrazole rings is 1. The van der Waals surface area contributed by atoms with Crippen LogP contribution in [0.4, 0.5) is 5.69 Å². The molecule has 0 aromatic carbocycles. The third kappa shape index (κ3) is 2.49. The minimum absolute atomic E-state index is 0.615. The van der Waals surface area contributed by atoms with Crippen LogP contribution in [-0.4, -0.2) is 55.8 Å². The van der Waals surface area contributed by atoms with Gasteiger partial charge in [0.15, 0.2) is 0 Å². The molecule has 7 nitrogen and oxygen atoms in total. The maximum Gasteiger partial charge on any atom is 0.138 e. The molecule has 0 amide bonds. The van der Waals surface area contributed by atoms with Crippen LogP contribution in [0.3, 0.4) is 0 Å². The van der Waals surface area contributed by atoms with Crippen molar-refractivity contribution in [3.05, 3.63) is 30.4 Å². The largest absolute Gasteiger partial charge is 0.366 e. The van der Waals surface area contributed by atoms with Crippen molar-refractivity contribution in [2.24, 2.45) is 0 Å². The maximum atomic E-state index is 4.60. The van der Waals surface area contributed by atoms with Gasteiger partial charge in [-0.25, -0.2) is 4.68 Å². The zero-order valence-electron chi connectivity index (χ0n) is 12.0. The Kier molecular flexibility index (Phi) is 3.27. The van der Waals surface area contributed by atoms with Crippen molar-refractivity contribution in [3.8, 4) is 0 Å². The van der Waals surface area contributed by atoms with E-state index in [2.05, 4.69) is 36.4 Å². The second-order valence-corrected chi connectivity index (χ2v) is 5.77. The third-order valence-electron chi connectivity index (χ3n) is 4.43. The molecule has 7 heteroatoms. The highest BCUT2D eigenvalue weighted by atomic mass is 15.5. The van der Waals surface area contributed by atoms with E-state index in [1.54, 1.807) is 11.0 Å². The van der Waals surface area contributed by atoms with Gasteiger partial charge in [0.05, 0.1) is 17.9 Å². The Morgan fingerprint density at radius 1 is 1.29 bits per heavy atom. The van der Waals surface area contributed by atoms with Gasteiger partial charge in [-0.3, -0.25) is 9.88 Å². The number of pyridine rings is 1. The molecule has 2 aliphatic heterocycles. The van der Waals surface area contributed by atoms with Crippen LogP contribution in [0, 0.1) is 0 Å². The molecule has 0 unspecified atom stereocenters. The molecular weight excluding hydrogens is 266 g/mol. The average molecular weight is 285 g/mol. The second-order valence-electron chi connectivity index (χ2n) is 5.77. The highest BCUT2D eigenvalue weighted by molar-refractivity contribution is 5.53.